The highest BCUT2D eigenvalue weighted by Gasteiger charge is 2.18. The molecule has 0 fully saturated rings. The van der Waals surface area contributed by atoms with Gasteiger partial charge in [-0.25, -0.2) is 9.59 Å². The normalized spacial score (nSPS) is 10.2. The fraction of sp³-hybridized carbons (Fsp3) is 0.0889. The fourth-order valence-electron chi connectivity index (χ4n) is 5.31. The highest BCUT2D eigenvalue weighted by Crippen LogP contribution is 2.23. The van der Waals surface area contributed by atoms with E-state index in [0.717, 1.165) is 16.9 Å². The van der Waals surface area contributed by atoms with Crippen LogP contribution in [0.3, 0.4) is 0 Å². The number of nitrogens with one attached hydrogen (secondary N) is 2. The summed E-state index contributed by atoms with van der Waals surface area (Å²) in [5.41, 5.74) is 6.28. The molecule has 1 amide bonds. The average Bonchev–Trinajstić information content (AvgIpc) is 3.22. The molecule has 0 aromatic heterocycles. The molecule has 6 rings (SSSR count). The van der Waals surface area contributed by atoms with Crippen LogP contribution < -0.4 is 25.0 Å². The number of para-hydroxylation sites is 2. The SMILES string of the molecule is C#COc1ccc(C(=O)O)c(C(=O)Nc2ccc(Cc3ccc(NOCc4cc(OCCOc5ccccc5)ccc4C(=O)O)cc3)cc2)c1.Oc1ccccc1. The Balaban J connectivity index is 0.000000799. The molecule has 0 aliphatic heterocycles. The Morgan fingerprint density at radius 1 is 0.596 bits per heavy atom. The molecule has 0 aliphatic carbocycles. The van der Waals surface area contributed by atoms with Gasteiger partial charge in [-0.05, 0) is 108 Å². The molecule has 12 heteroatoms. The summed E-state index contributed by atoms with van der Waals surface area (Å²) in [6, 6.07) is 41.4. The first-order valence-corrected chi connectivity index (χ1v) is 17.5. The fourth-order valence-corrected chi connectivity index (χ4v) is 5.31. The van der Waals surface area contributed by atoms with Crippen LogP contribution in [0.15, 0.2) is 146 Å². The molecule has 6 aromatic carbocycles. The van der Waals surface area contributed by atoms with Crippen LogP contribution in [-0.4, -0.2) is 46.4 Å². The summed E-state index contributed by atoms with van der Waals surface area (Å²) >= 11 is 0. The molecule has 0 saturated heterocycles. The van der Waals surface area contributed by atoms with Crippen molar-refractivity contribution >= 4 is 29.2 Å². The molecule has 57 heavy (non-hydrogen) atoms. The average molecular weight is 767 g/mol. The van der Waals surface area contributed by atoms with Crippen LogP contribution in [0.4, 0.5) is 11.4 Å². The van der Waals surface area contributed by atoms with E-state index in [1.807, 2.05) is 78.9 Å². The second kappa shape index (κ2) is 20.6. The number of rotatable bonds is 16. The number of amides is 1. The van der Waals surface area contributed by atoms with Crippen LogP contribution in [0.5, 0.6) is 23.0 Å². The number of benzene rings is 6. The number of hydrogen-bond donors (Lipinski definition) is 5. The van der Waals surface area contributed by atoms with Crippen molar-refractivity contribution in [1.29, 1.82) is 0 Å². The van der Waals surface area contributed by atoms with Gasteiger partial charge in [0.2, 0.25) is 0 Å². The third-order valence-electron chi connectivity index (χ3n) is 8.06. The number of terminal acetylenes is 1. The smallest absolute Gasteiger partial charge is 0.336 e. The summed E-state index contributed by atoms with van der Waals surface area (Å²) in [5, 5.41) is 30.5. The minimum absolute atomic E-state index is 0.0221. The maximum Gasteiger partial charge on any atom is 0.336 e. The van der Waals surface area contributed by atoms with Gasteiger partial charge in [0.1, 0.15) is 48.9 Å². The molecule has 0 spiro atoms. The van der Waals surface area contributed by atoms with Gasteiger partial charge in [-0.3, -0.25) is 15.1 Å². The minimum atomic E-state index is -1.25. The Bertz CT molecular complexity index is 2290. The molecule has 0 saturated carbocycles. The number of phenolic OH excluding ortho intramolecular Hbond substituents is 1. The van der Waals surface area contributed by atoms with Crippen molar-refractivity contribution in [3.63, 3.8) is 0 Å². The number of hydrogen-bond acceptors (Lipinski definition) is 9. The van der Waals surface area contributed by atoms with E-state index in [4.69, 9.17) is 30.6 Å². The monoisotopic (exact) mass is 766 g/mol. The maximum absolute atomic E-state index is 12.9. The third kappa shape index (κ3) is 12.7. The van der Waals surface area contributed by atoms with Gasteiger partial charge in [0, 0.05) is 5.69 Å². The number of aromatic hydroxyl groups is 1. The van der Waals surface area contributed by atoms with Crippen molar-refractivity contribution in [3.8, 4) is 35.5 Å². The lowest BCUT2D eigenvalue weighted by atomic mass is 10.0. The van der Waals surface area contributed by atoms with E-state index in [1.54, 1.807) is 48.5 Å². The predicted octanol–water partition coefficient (Wildman–Crippen LogP) is 8.29. The summed E-state index contributed by atoms with van der Waals surface area (Å²) in [6.45, 7) is 0.586. The Labute approximate surface area is 328 Å². The van der Waals surface area contributed by atoms with Gasteiger partial charge in [0.25, 0.3) is 5.91 Å². The zero-order chi connectivity index (χ0) is 40.4. The Hall–Kier alpha value is -7.75. The van der Waals surface area contributed by atoms with Crippen LogP contribution in [0, 0.1) is 12.5 Å². The number of ether oxygens (including phenoxy) is 3. The predicted molar refractivity (Wildman–Crippen MR) is 214 cm³/mol. The van der Waals surface area contributed by atoms with Crippen molar-refractivity contribution in [3.05, 3.63) is 179 Å². The van der Waals surface area contributed by atoms with E-state index in [0.29, 0.717) is 41.5 Å². The van der Waals surface area contributed by atoms with Gasteiger partial charge in [-0.1, -0.05) is 67.1 Å². The molecular formula is C45H38N2O10. The van der Waals surface area contributed by atoms with Crippen LogP contribution in [-0.2, 0) is 17.9 Å². The molecule has 288 valence electrons. The molecular weight excluding hydrogens is 728 g/mol. The van der Waals surface area contributed by atoms with Crippen LogP contribution in [0.1, 0.15) is 47.8 Å². The summed E-state index contributed by atoms with van der Waals surface area (Å²) in [4.78, 5) is 41.9. The number of carbonyl (C=O) groups excluding carboxylic acids is 1. The summed E-state index contributed by atoms with van der Waals surface area (Å²) in [5.74, 6) is -1.21. The molecule has 12 nitrogen and oxygen atoms in total. The van der Waals surface area contributed by atoms with Gasteiger partial charge in [-0.2, -0.15) is 0 Å². The Morgan fingerprint density at radius 3 is 1.74 bits per heavy atom. The van der Waals surface area contributed by atoms with Gasteiger partial charge in [-0.15, -0.1) is 0 Å². The van der Waals surface area contributed by atoms with Crippen molar-refractivity contribution < 1.29 is 48.8 Å². The molecule has 0 radical (unpaired) electrons. The number of carboxylic acids is 2. The van der Waals surface area contributed by atoms with Gasteiger partial charge < -0.3 is 34.8 Å². The Kier molecular flexibility index (Phi) is 14.6. The van der Waals surface area contributed by atoms with E-state index in [2.05, 4.69) is 10.8 Å². The molecule has 0 aliphatic rings. The van der Waals surface area contributed by atoms with Gasteiger partial charge in [0.05, 0.1) is 22.4 Å². The van der Waals surface area contributed by atoms with Gasteiger partial charge in [0.15, 0.2) is 0 Å². The lowest BCUT2D eigenvalue weighted by Gasteiger charge is -2.13. The molecule has 0 atom stereocenters. The number of phenols is 1. The number of carbonyl (C=O) groups is 3. The van der Waals surface area contributed by atoms with Crippen molar-refractivity contribution in [2.24, 2.45) is 0 Å². The molecule has 6 aromatic rings. The van der Waals surface area contributed by atoms with Crippen LogP contribution >= 0.6 is 0 Å². The largest absolute Gasteiger partial charge is 0.508 e. The van der Waals surface area contributed by atoms with Crippen LogP contribution in [0.25, 0.3) is 0 Å². The lowest BCUT2D eigenvalue weighted by molar-refractivity contribution is 0.0682. The number of anilines is 2. The summed E-state index contributed by atoms with van der Waals surface area (Å²) in [6.07, 6.45) is 7.75. The van der Waals surface area contributed by atoms with Crippen molar-refractivity contribution in [2.45, 2.75) is 13.0 Å². The third-order valence-corrected chi connectivity index (χ3v) is 8.06. The second-order valence-corrected chi connectivity index (χ2v) is 12.1. The van der Waals surface area contributed by atoms with E-state index in [-0.39, 0.29) is 35.7 Å². The van der Waals surface area contributed by atoms with Gasteiger partial charge >= 0.3 is 11.9 Å². The molecule has 0 unspecified atom stereocenters. The Morgan fingerprint density at radius 2 is 1.16 bits per heavy atom. The standard InChI is InChI=1S/C39H32N2O9.C6H6O/c1-2-47-33-17-19-35(39(45)46)36(24-33)37(42)40-29-12-8-26(9-13-29)22-27-10-14-30(15-11-27)41-50-25-28-23-32(16-18-34(28)38(43)44)49-21-20-48-31-6-4-3-5-7-31;7-6-4-2-1-3-5-6/h1,3-19,23-24,41H,20-22,25H2,(H,40,42)(H,43,44)(H,45,46);1-5,7H. The first-order chi connectivity index (χ1) is 27.7. The molecule has 0 heterocycles. The highest BCUT2D eigenvalue weighted by molar-refractivity contribution is 6.11. The zero-order valence-electron chi connectivity index (χ0n) is 30.5. The van der Waals surface area contributed by atoms with E-state index >= 15 is 0 Å². The minimum Gasteiger partial charge on any atom is -0.508 e. The number of aromatic carboxylic acids is 2. The van der Waals surface area contributed by atoms with E-state index in [1.165, 1.54) is 24.3 Å². The first kappa shape index (κ1) is 40.4. The molecule has 0 bridgehead atoms. The number of carboxylic acid groups (broad SMARTS) is 2. The summed E-state index contributed by atoms with van der Waals surface area (Å²) < 4.78 is 16.3. The quantitative estimate of drug-likeness (QED) is 0.0365. The van der Waals surface area contributed by atoms with Crippen molar-refractivity contribution in [1.82, 2.24) is 0 Å². The zero-order valence-corrected chi connectivity index (χ0v) is 30.5. The topological polar surface area (TPSA) is 173 Å². The van der Waals surface area contributed by atoms with E-state index < -0.39 is 17.8 Å². The van der Waals surface area contributed by atoms with E-state index in [9.17, 15) is 24.6 Å². The molecule has 5 N–H and O–H groups in total. The van der Waals surface area contributed by atoms with Crippen LogP contribution in [0.2, 0.25) is 0 Å². The second-order valence-electron chi connectivity index (χ2n) is 12.1. The van der Waals surface area contributed by atoms with Crippen molar-refractivity contribution in [2.75, 3.05) is 24.0 Å². The first-order valence-electron chi connectivity index (χ1n) is 17.5. The lowest BCUT2D eigenvalue weighted by Crippen LogP contribution is -2.16. The maximum atomic E-state index is 12.9. The highest BCUT2D eigenvalue weighted by atomic mass is 16.6. The summed E-state index contributed by atoms with van der Waals surface area (Å²) in [7, 11) is 0.